The third-order valence-corrected chi connectivity index (χ3v) is 4.60. The molecule has 1 aliphatic heterocycles. The molecule has 4 nitrogen and oxygen atoms in total. The predicted molar refractivity (Wildman–Crippen MR) is 96.5 cm³/mol. The van der Waals surface area contributed by atoms with Crippen LogP contribution in [-0.2, 0) is 11.2 Å². The van der Waals surface area contributed by atoms with E-state index in [1.165, 1.54) is 5.69 Å². The number of carbonyl (C=O) groups excluding carboxylic acids is 1. The molecule has 0 saturated carbocycles. The van der Waals surface area contributed by atoms with Crippen LogP contribution in [0.3, 0.4) is 0 Å². The first-order valence-electron chi connectivity index (χ1n) is 8.40. The highest BCUT2D eigenvalue weighted by Crippen LogP contribution is 2.22. The number of piperazine rings is 1. The fourth-order valence-corrected chi connectivity index (χ4v) is 3.31. The fourth-order valence-electron chi connectivity index (χ4n) is 3.31. The number of carbonyl (C=O) groups is 1. The fraction of sp³-hybridized carbons (Fsp3) is 0.350. The summed E-state index contributed by atoms with van der Waals surface area (Å²) in [5.74, 6) is 0.945. The Kier molecular flexibility index (Phi) is 5.04. The molecule has 0 radical (unpaired) electrons. The molecular formula is C20H24N2O2. The normalized spacial score (nSPS) is 17.7. The molecule has 1 heterocycles. The largest absolute Gasteiger partial charge is 0.496 e. The van der Waals surface area contributed by atoms with E-state index in [0.29, 0.717) is 6.42 Å². The van der Waals surface area contributed by atoms with Gasteiger partial charge in [0.1, 0.15) is 5.75 Å². The summed E-state index contributed by atoms with van der Waals surface area (Å²) in [5.41, 5.74) is 2.17. The Morgan fingerprint density at radius 1 is 1.08 bits per heavy atom. The van der Waals surface area contributed by atoms with E-state index in [0.717, 1.165) is 30.9 Å². The van der Waals surface area contributed by atoms with Gasteiger partial charge in [-0.25, -0.2) is 0 Å². The minimum absolute atomic E-state index is 0.166. The number of ether oxygens (including phenoxy) is 1. The zero-order valence-corrected chi connectivity index (χ0v) is 14.3. The summed E-state index contributed by atoms with van der Waals surface area (Å²) in [7, 11) is 1.64. The number of rotatable bonds is 4. The molecule has 0 aliphatic carbocycles. The molecule has 2 aromatic carbocycles. The van der Waals surface area contributed by atoms with Gasteiger partial charge in [-0.2, -0.15) is 0 Å². The van der Waals surface area contributed by atoms with Gasteiger partial charge in [0, 0.05) is 36.9 Å². The molecule has 0 spiro atoms. The Hall–Kier alpha value is -2.49. The van der Waals surface area contributed by atoms with Crippen molar-refractivity contribution in [1.29, 1.82) is 0 Å². The highest BCUT2D eigenvalue weighted by atomic mass is 16.5. The molecule has 24 heavy (non-hydrogen) atoms. The summed E-state index contributed by atoms with van der Waals surface area (Å²) in [6, 6.07) is 18.3. The van der Waals surface area contributed by atoms with Gasteiger partial charge in [0.2, 0.25) is 5.91 Å². The van der Waals surface area contributed by atoms with Crippen molar-refractivity contribution in [3.8, 4) is 5.75 Å². The molecule has 1 saturated heterocycles. The number of para-hydroxylation sites is 2. The first-order chi connectivity index (χ1) is 11.7. The molecule has 3 rings (SSSR count). The van der Waals surface area contributed by atoms with Gasteiger partial charge in [-0.3, -0.25) is 4.79 Å². The number of nitrogens with zero attached hydrogens (tertiary/aromatic N) is 2. The van der Waals surface area contributed by atoms with E-state index >= 15 is 0 Å². The summed E-state index contributed by atoms with van der Waals surface area (Å²) in [6.45, 7) is 4.60. The van der Waals surface area contributed by atoms with Crippen LogP contribution in [0, 0.1) is 0 Å². The molecular weight excluding hydrogens is 300 g/mol. The topological polar surface area (TPSA) is 32.8 Å². The monoisotopic (exact) mass is 324 g/mol. The van der Waals surface area contributed by atoms with E-state index in [1.807, 2.05) is 35.2 Å². The van der Waals surface area contributed by atoms with E-state index in [4.69, 9.17) is 4.74 Å². The number of hydrogen-bond acceptors (Lipinski definition) is 3. The first kappa shape index (κ1) is 16.4. The molecule has 1 atom stereocenters. The lowest BCUT2D eigenvalue weighted by molar-refractivity contribution is -0.132. The van der Waals surface area contributed by atoms with Gasteiger partial charge in [-0.15, -0.1) is 0 Å². The van der Waals surface area contributed by atoms with E-state index in [2.05, 4.69) is 36.1 Å². The van der Waals surface area contributed by atoms with Gasteiger partial charge in [-0.05, 0) is 25.1 Å². The lowest BCUT2D eigenvalue weighted by Gasteiger charge is -2.41. The summed E-state index contributed by atoms with van der Waals surface area (Å²) in [6.07, 6.45) is 0.389. The lowest BCUT2D eigenvalue weighted by atomic mass is 10.1. The second-order valence-corrected chi connectivity index (χ2v) is 6.21. The lowest BCUT2D eigenvalue weighted by Crippen LogP contribution is -2.54. The second-order valence-electron chi connectivity index (χ2n) is 6.21. The maximum Gasteiger partial charge on any atom is 0.227 e. The standard InChI is InChI=1S/C20H24N2O2/c1-16-15-21(18-9-4-3-5-10-18)12-13-22(16)20(23)14-17-8-6-7-11-19(17)24-2/h3-11,16H,12-15H2,1-2H3. The zero-order valence-electron chi connectivity index (χ0n) is 14.3. The van der Waals surface area contributed by atoms with Crippen LogP contribution in [0.4, 0.5) is 5.69 Å². The number of benzene rings is 2. The first-order valence-corrected chi connectivity index (χ1v) is 8.40. The summed E-state index contributed by atoms with van der Waals surface area (Å²) < 4.78 is 5.36. The van der Waals surface area contributed by atoms with E-state index in [1.54, 1.807) is 7.11 Å². The molecule has 4 heteroatoms. The molecule has 1 aliphatic rings. The molecule has 1 amide bonds. The highest BCUT2D eigenvalue weighted by molar-refractivity contribution is 5.80. The van der Waals surface area contributed by atoms with Crippen molar-refractivity contribution in [2.24, 2.45) is 0 Å². The molecule has 1 fully saturated rings. The van der Waals surface area contributed by atoms with Gasteiger partial charge in [0.05, 0.1) is 13.5 Å². The van der Waals surface area contributed by atoms with Crippen LogP contribution in [0.25, 0.3) is 0 Å². The quantitative estimate of drug-likeness (QED) is 0.867. The van der Waals surface area contributed by atoms with Crippen LogP contribution in [0.5, 0.6) is 5.75 Å². The van der Waals surface area contributed by atoms with Crippen LogP contribution in [0.2, 0.25) is 0 Å². The van der Waals surface area contributed by atoms with Crippen LogP contribution < -0.4 is 9.64 Å². The molecule has 126 valence electrons. The summed E-state index contributed by atoms with van der Waals surface area (Å²) >= 11 is 0. The molecule has 0 bridgehead atoms. The van der Waals surface area contributed by atoms with Gasteiger partial charge >= 0.3 is 0 Å². The van der Waals surface area contributed by atoms with Crippen LogP contribution >= 0.6 is 0 Å². The average Bonchev–Trinajstić information content (AvgIpc) is 2.62. The van der Waals surface area contributed by atoms with Crippen LogP contribution in [-0.4, -0.2) is 43.6 Å². The zero-order chi connectivity index (χ0) is 16.9. The Morgan fingerprint density at radius 3 is 2.50 bits per heavy atom. The third-order valence-electron chi connectivity index (χ3n) is 4.60. The Morgan fingerprint density at radius 2 is 1.79 bits per heavy atom. The Bertz CT molecular complexity index is 687. The average molecular weight is 324 g/mol. The number of methoxy groups -OCH3 is 1. The number of amides is 1. The van der Waals surface area contributed by atoms with Crippen molar-refractivity contribution in [2.45, 2.75) is 19.4 Å². The Balaban J connectivity index is 1.65. The van der Waals surface area contributed by atoms with Crippen molar-refractivity contribution < 1.29 is 9.53 Å². The van der Waals surface area contributed by atoms with Crippen LogP contribution in [0.15, 0.2) is 54.6 Å². The molecule has 0 N–H and O–H groups in total. The second kappa shape index (κ2) is 7.39. The number of anilines is 1. The van der Waals surface area contributed by atoms with Crippen molar-refractivity contribution in [1.82, 2.24) is 4.90 Å². The predicted octanol–water partition coefficient (Wildman–Crippen LogP) is 2.98. The number of hydrogen-bond donors (Lipinski definition) is 0. The van der Waals surface area contributed by atoms with Crippen molar-refractivity contribution in [3.63, 3.8) is 0 Å². The van der Waals surface area contributed by atoms with Gasteiger partial charge in [0.25, 0.3) is 0 Å². The van der Waals surface area contributed by atoms with Crippen molar-refractivity contribution in [2.75, 3.05) is 31.6 Å². The maximum absolute atomic E-state index is 12.7. The van der Waals surface area contributed by atoms with Gasteiger partial charge in [-0.1, -0.05) is 36.4 Å². The Labute approximate surface area is 143 Å². The van der Waals surface area contributed by atoms with Crippen molar-refractivity contribution >= 4 is 11.6 Å². The SMILES string of the molecule is COc1ccccc1CC(=O)N1CCN(c2ccccc2)CC1C. The van der Waals surface area contributed by atoms with Crippen molar-refractivity contribution in [3.05, 3.63) is 60.2 Å². The maximum atomic E-state index is 12.7. The molecule has 1 unspecified atom stereocenters. The summed E-state index contributed by atoms with van der Waals surface area (Å²) in [4.78, 5) is 17.1. The summed E-state index contributed by atoms with van der Waals surface area (Å²) in [5, 5.41) is 0. The highest BCUT2D eigenvalue weighted by Gasteiger charge is 2.27. The smallest absolute Gasteiger partial charge is 0.227 e. The third kappa shape index (κ3) is 3.53. The van der Waals surface area contributed by atoms with E-state index < -0.39 is 0 Å². The van der Waals surface area contributed by atoms with Gasteiger partial charge in [0.15, 0.2) is 0 Å². The van der Waals surface area contributed by atoms with E-state index in [9.17, 15) is 4.79 Å². The molecule has 2 aromatic rings. The minimum Gasteiger partial charge on any atom is -0.496 e. The molecule has 0 aromatic heterocycles. The minimum atomic E-state index is 0.166. The van der Waals surface area contributed by atoms with Crippen LogP contribution in [0.1, 0.15) is 12.5 Å². The van der Waals surface area contributed by atoms with Gasteiger partial charge < -0.3 is 14.5 Å². The van der Waals surface area contributed by atoms with E-state index in [-0.39, 0.29) is 11.9 Å².